The molecular weight excluding hydrogens is 353 g/mol. The van der Waals surface area contributed by atoms with E-state index in [1.54, 1.807) is 12.3 Å². The van der Waals surface area contributed by atoms with E-state index in [0.29, 0.717) is 17.1 Å². The van der Waals surface area contributed by atoms with Crippen LogP contribution in [0.4, 0.5) is 13.2 Å². The van der Waals surface area contributed by atoms with Gasteiger partial charge in [-0.05, 0) is 18.2 Å². The first-order valence-electron chi connectivity index (χ1n) is 7.27. The van der Waals surface area contributed by atoms with Gasteiger partial charge in [0.25, 0.3) is 0 Å². The number of halogens is 3. The standard InChI is InChI=1S/C17H11F3N2O4/c1-25-17(24)14(10-6-12(19)13(20)7-11(10)18)26-16(23)9-3-5-22-15-8(9)2-4-21-15/h2-7,14H,1H3,(H,21,22). The molecule has 134 valence electrons. The van der Waals surface area contributed by atoms with Gasteiger partial charge >= 0.3 is 11.9 Å². The number of benzene rings is 1. The van der Waals surface area contributed by atoms with Gasteiger partial charge < -0.3 is 14.5 Å². The van der Waals surface area contributed by atoms with Gasteiger partial charge in [-0.15, -0.1) is 0 Å². The number of aromatic amines is 1. The van der Waals surface area contributed by atoms with Crippen molar-refractivity contribution in [3.05, 3.63) is 65.2 Å². The summed E-state index contributed by atoms with van der Waals surface area (Å²) in [5, 5.41) is 0.409. The molecule has 0 amide bonds. The first-order valence-corrected chi connectivity index (χ1v) is 7.27. The molecule has 1 unspecified atom stereocenters. The minimum absolute atomic E-state index is 0.0492. The van der Waals surface area contributed by atoms with Crippen LogP contribution in [-0.4, -0.2) is 29.0 Å². The van der Waals surface area contributed by atoms with E-state index < -0.39 is 41.1 Å². The largest absolute Gasteiger partial charge is 0.466 e. The van der Waals surface area contributed by atoms with E-state index in [1.165, 1.54) is 12.3 Å². The van der Waals surface area contributed by atoms with Crippen molar-refractivity contribution in [1.29, 1.82) is 0 Å². The maximum absolute atomic E-state index is 14.0. The molecule has 0 spiro atoms. The molecule has 26 heavy (non-hydrogen) atoms. The van der Waals surface area contributed by atoms with E-state index in [9.17, 15) is 22.8 Å². The maximum atomic E-state index is 14.0. The van der Waals surface area contributed by atoms with Crippen LogP contribution in [0, 0.1) is 17.5 Å². The fourth-order valence-electron chi connectivity index (χ4n) is 2.39. The van der Waals surface area contributed by atoms with Gasteiger partial charge in [-0.1, -0.05) is 0 Å². The van der Waals surface area contributed by atoms with Crippen LogP contribution in [-0.2, 0) is 14.3 Å². The van der Waals surface area contributed by atoms with Gasteiger partial charge in [-0.2, -0.15) is 0 Å². The molecule has 1 N–H and O–H groups in total. The Morgan fingerprint density at radius 2 is 1.85 bits per heavy atom. The Bertz CT molecular complexity index is 1000. The van der Waals surface area contributed by atoms with Crippen molar-refractivity contribution in [2.75, 3.05) is 7.11 Å². The number of carbonyl (C=O) groups is 2. The predicted octanol–water partition coefficient (Wildman–Crippen LogP) is 3.05. The molecule has 0 bridgehead atoms. The highest BCUT2D eigenvalue weighted by molar-refractivity contribution is 6.03. The van der Waals surface area contributed by atoms with Crippen molar-refractivity contribution < 1.29 is 32.2 Å². The number of rotatable bonds is 4. The highest BCUT2D eigenvalue weighted by Crippen LogP contribution is 2.27. The zero-order valence-electron chi connectivity index (χ0n) is 13.3. The molecule has 1 aromatic carbocycles. The SMILES string of the molecule is COC(=O)C(OC(=O)c1ccnc2[nH]ccc12)c1cc(F)c(F)cc1F. The third-order valence-electron chi connectivity index (χ3n) is 3.64. The van der Waals surface area contributed by atoms with E-state index in [0.717, 1.165) is 7.11 Å². The fraction of sp³-hybridized carbons (Fsp3) is 0.118. The van der Waals surface area contributed by atoms with Gasteiger partial charge in [0.15, 0.2) is 11.6 Å². The number of hydrogen-bond acceptors (Lipinski definition) is 5. The smallest absolute Gasteiger partial charge is 0.352 e. The number of methoxy groups -OCH3 is 1. The topological polar surface area (TPSA) is 81.3 Å². The van der Waals surface area contributed by atoms with Crippen molar-refractivity contribution in [3.63, 3.8) is 0 Å². The lowest BCUT2D eigenvalue weighted by Gasteiger charge is -2.17. The quantitative estimate of drug-likeness (QED) is 0.568. The molecule has 0 fully saturated rings. The van der Waals surface area contributed by atoms with Gasteiger partial charge in [0, 0.05) is 29.4 Å². The lowest BCUT2D eigenvalue weighted by molar-refractivity contribution is -0.151. The number of hydrogen-bond donors (Lipinski definition) is 1. The summed E-state index contributed by atoms with van der Waals surface area (Å²) < 4.78 is 50.1. The monoisotopic (exact) mass is 364 g/mol. The summed E-state index contributed by atoms with van der Waals surface area (Å²) in [4.78, 5) is 31.2. The van der Waals surface area contributed by atoms with Crippen LogP contribution >= 0.6 is 0 Å². The number of esters is 2. The average molecular weight is 364 g/mol. The molecule has 6 nitrogen and oxygen atoms in total. The second-order valence-corrected chi connectivity index (χ2v) is 5.19. The third-order valence-corrected chi connectivity index (χ3v) is 3.64. The van der Waals surface area contributed by atoms with Crippen LogP contribution < -0.4 is 0 Å². The molecule has 0 aliphatic rings. The zero-order chi connectivity index (χ0) is 18.8. The van der Waals surface area contributed by atoms with E-state index in [2.05, 4.69) is 14.7 Å². The minimum atomic E-state index is -1.91. The van der Waals surface area contributed by atoms with E-state index in [4.69, 9.17) is 4.74 Å². The van der Waals surface area contributed by atoms with E-state index in [-0.39, 0.29) is 11.6 Å². The summed E-state index contributed by atoms with van der Waals surface area (Å²) in [5.41, 5.74) is -0.218. The highest BCUT2D eigenvalue weighted by atomic mass is 19.2. The van der Waals surface area contributed by atoms with Crippen molar-refractivity contribution >= 4 is 23.0 Å². The summed E-state index contributed by atoms with van der Waals surface area (Å²) in [6, 6.07) is 3.60. The lowest BCUT2D eigenvalue weighted by Crippen LogP contribution is -2.22. The maximum Gasteiger partial charge on any atom is 0.352 e. The Morgan fingerprint density at radius 3 is 2.58 bits per heavy atom. The second kappa shape index (κ2) is 6.87. The molecule has 0 aliphatic heterocycles. The van der Waals surface area contributed by atoms with Crippen LogP contribution in [0.2, 0.25) is 0 Å². The summed E-state index contributed by atoms with van der Waals surface area (Å²) in [6.07, 6.45) is 0.965. The minimum Gasteiger partial charge on any atom is -0.466 e. The van der Waals surface area contributed by atoms with Crippen LogP contribution in [0.15, 0.2) is 36.7 Å². The summed E-state index contributed by atoms with van der Waals surface area (Å²) in [5.74, 6) is -6.24. The first kappa shape index (κ1) is 17.5. The summed E-state index contributed by atoms with van der Waals surface area (Å²) in [7, 11) is 0.984. The van der Waals surface area contributed by atoms with Crippen molar-refractivity contribution in [2.45, 2.75) is 6.10 Å². The zero-order valence-corrected chi connectivity index (χ0v) is 13.3. The number of H-pyrrole nitrogens is 1. The average Bonchev–Trinajstić information content (AvgIpc) is 3.11. The number of aromatic nitrogens is 2. The van der Waals surface area contributed by atoms with E-state index in [1.807, 2.05) is 0 Å². The molecule has 1 atom stereocenters. The number of ether oxygens (including phenoxy) is 2. The second-order valence-electron chi connectivity index (χ2n) is 5.19. The fourth-order valence-corrected chi connectivity index (χ4v) is 2.39. The number of nitrogens with one attached hydrogen (secondary N) is 1. The van der Waals surface area contributed by atoms with Crippen LogP contribution in [0.25, 0.3) is 11.0 Å². The normalized spacial score (nSPS) is 12.0. The molecule has 0 saturated heterocycles. The molecule has 0 aliphatic carbocycles. The van der Waals surface area contributed by atoms with Crippen LogP contribution in [0.3, 0.4) is 0 Å². The molecule has 0 saturated carbocycles. The van der Waals surface area contributed by atoms with Crippen molar-refractivity contribution in [1.82, 2.24) is 9.97 Å². The van der Waals surface area contributed by atoms with Gasteiger partial charge in [-0.3, -0.25) is 0 Å². The molecule has 2 heterocycles. The Morgan fingerprint density at radius 1 is 1.12 bits per heavy atom. The molecule has 0 radical (unpaired) electrons. The Balaban J connectivity index is 2.00. The van der Waals surface area contributed by atoms with Gasteiger partial charge in [0.1, 0.15) is 11.5 Å². The number of nitrogens with zero attached hydrogens (tertiary/aromatic N) is 1. The molecule has 3 rings (SSSR count). The van der Waals surface area contributed by atoms with E-state index >= 15 is 0 Å². The number of carbonyl (C=O) groups excluding carboxylic acids is 2. The van der Waals surface area contributed by atoms with Gasteiger partial charge in [0.2, 0.25) is 6.10 Å². The predicted molar refractivity (Wildman–Crippen MR) is 82.6 cm³/mol. The summed E-state index contributed by atoms with van der Waals surface area (Å²) in [6.45, 7) is 0. The van der Waals surface area contributed by atoms with Crippen LogP contribution in [0.5, 0.6) is 0 Å². The summed E-state index contributed by atoms with van der Waals surface area (Å²) >= 11 is 0. The van der Waals surface area contributed by atoms with Crippen LogP contribution in [0.1, 0.15) is 22.0 Å². The molecular formula is C17H11F3N2O4. The Hall–Kier alpha value is -3.36. The molecule has 9 heteroatoms. The highest BCUT2D eigenvalue weighted by Gasteiger charge is 2.31. The van der Waals surface area contributed by atoms with Crippen molar-refractivity contribution in [3.8, 4) is 0 Å². The number of fused-ring (bicyclic) bond motifs is 1. The van der Waals surface area contributed by atoms with Crippen molar-refractivity contribution in [2.24, 2.45) is 0 Å². The molecule has 3 aromatic rings. The molecule has 2 aromatic heterocycles. The van der Waals surface area contributed by atoms with Gasteiger partial charge in [-0.25, -0.2) is 27.7 Å². The number of pyridine rings is 1. The van der Waals surface area contributed by atoms with Gasteiger partial charge in [0.05, 0.1) is 12.7 Å². The Kier molecular flexibility index (Phi) is 4.61. The first-order chi connectivity index (χ1) is 12.4. The lowest BCUT2D eigenvalue weighted by atomic mass is 10.1. The third kappa shape index (κ3) is 3.10. The Labute approximate surface area is 144 Å².